The number of amides is 2. The Hall–Kier alpha value is -3.58. The third kappa shape index (κ3) is 5.76. The van der Waals surface area contributed by atoms with Gasteiger partial charge in [-0.05, 0) is 67.6 Å². The molecule has 0 saturated carbocycles. The fourth-order valence-electron chi connectivity index (χ4n) is 3.71. The van der Waals surface area contributed by atoms with Crippen molar-refractivity contribution in [1.82, 2.24) is 15.2 Å². The number of piperazine rings is 1. The number of rotatable bonds is 6. The second-order valence-electron chi connectivity index (χ2n) is 8.16. The Morgan fingerprint density at radius 2 is 1.62 bits per heavy atom. The summed E-state index contributed by atoms with van der Waals surface area (Å²) >= 11 is 0. The van der Waals surface area contributed by atoms with Crippen molar-refractivity contribution in [3.05, 3.63) is 78.1 Å². The number of anilines is 4. The Balaban J connectivity index is 1.27. The highest BCUT2D eigenvalue weighted by Gasteiger charge is 2.15. The zero-order chi connectivity index (χ0) is 22.3. The topological polar surface area (TPSA) is 72.5 Å². The molecule has 0 radical (unpaired) electrons. The van der Waals surface area contributed by atoms with Gasteiger partial charge in [0, 0.05) is 67.9 Å². The molecule has 7 nitrogen and oxygen atoms in total. The van der Waals surface area contributed by atoms with Gasteiger partial charge in [0.05, 0.1) is 0 Å². The minimum absolute atomic E-state index is 0.209. The van der Waals surface area contributed by atoms with Gasteiger partial charge in [-0.15, -0.1) is 0 Å². The lowest BCUT2D eigenvalue weighted by atomic mass is 10.1. The van der Waals surface area contributed by atoms with Gasteiger partial charge in [-0.1, -0.05) is 12.1 Å². The third-order valence-corrected chi connectivity index (χ3v) is 5.70. The van der Waals surface area contributed by atoms with Crippen LogP contribution in [0.1, 0.15) is 11.1 Å². The first-order valence-corrected chi connectivity index (χ1v) is 10.9. The lowest BCUT2D eigenvalue weighted by Gasteiger charge is -2.34. The van der Waals surface area contributed by atoms with Gasteiger partial charge in [0.2, 0.25) is 0 Å². The van der Waals surface area contributed by atoms with Gasteiger partial charge in [0.15, 0.2) is 0 Å². The summed E-state index contributed by atoms with van der Waals surface area (Å²) in [5.41, 5.74) is 6.10. The summed E-state index contributed by atoms with van der Waals surface area (Å²) in [6.45, 7) is 6.69. The highest BCUT2D eigenvalue weighted by molar-refractivity contribution is 5.90. The van der Waals surface area contributed by atoms with Crippen LogP contribution in [0.4, 0.5) is 27.5 Å². The van der Waals surface area contributed by atoms with E-state index in [4.69, 9.17) is 0 Å². The van der Waals surface area contributed by atoms with Crippen LogP contribution in [0.5, 0.6) is 0 Å². The van der Waals surface area contributed by atoms with Gasteiger partial charge < -0.3 is 25.8 Å². The molecular weight excluding hydrogens is 400 g/mol. The van der Waals surface area contributed by atoms with E-state index in [-0.39, 0.29) is 6.03 Å². The highest BCUT2D eigenvalue weighted by atomic mass is 16.2. The van der Waals surface area contributed by atoms with E-state index in [2.05, 4.69) is 49.9 Å². The van der Waals surface area contributed by atoms with Gasteiger partial charge in [0.1, 0.15) is 0 Å². The molecule has 2 heterocycles. The number of pyridine rings is 1. The zero-order valence-corrected chi connectivity index (χ0v) is 18.6. The van der Waals surface area contributed by atoms with Crippen LogP contribution in [0, 0.1) is 6.92 Å². The lowest BCUT2D eigenvalue weighted by Crippen LogP contribution is -2.44. The van der Waals surface area contributed by atoms with Crippen molar-refractivity contribution >= 4 is 28.8 Å². The Bertz CT molecular complexity index is 1030. The number of likely N-dealkylation sites (N-methyl/N-ethyl adjacent to an activating group) is 1. The fourth-order valence-corrected chi connectivity index (χ4v) is 3.71. The Morgan fingerprint density at radius 1 is 0.938 bits per heavy atom. The van der Waals surface area contributed by atoms with E-state index in [1.807, 2.05) is 49.4 Å². The van der Waals surface area contributed by atoms with Gasteiger partial charge in [-0.25, -0.2) is 4.79 Å². The molecule has 0 spiro atoms. The molecule has 3 N–H and O–H groups in total. The van der Waals surface area contributed by atoms with Crippen molar-refractivity contribution in [2.24, 2.45) is 0 Å². The number of urea groups is 1. The van der Waals surface area contributed by atoms with E-state index in [1.54, 1.807) is 12.4 Å². The van der Waals surface area contributed by atoms with E-state index >= 15 is 0 Å². The number of aromatic nitrogens is 1. The molecule has 1 aliphatic rings. The third-order valence-electron chi connectivity index (χ3n) is 5.70. The number of benzene rings is 2. The molecule has 0 atom stereocenters. The van der Waals surface area contributed by atoms with E-state index in [0.29, 0.717) is 6.54 Å². The molecular formula is C25H30N6O. The Morgan fingerprint density at radius 3 is 2.31 bits per heavy atom. The van der Waals surface area contributed by atoms with Gasteiger partial charge in [-0.2, -0.15) is 0 Å². The first-order valence-electron chi connectivity index (χ1n) is 10.9. The molecule has 2 amide bonds. The molecule has 1 saturated heterocycles. The van der Waals surface area contributed by atoms with Crippen LogP contribution in [0.15, 0.2) is 67.0 Å². The quantitative estimate of drug-likeness (QED) is 0.547. The summed E-state index contributed by atoms with van der Waals surface area (Å²) in [7, 11) is 2.15. The standard InChI is InChI=1S/C25H30N6O/c1-19-17-23(31-15-13-30(2)14-16-31)7-8-24(19)29-25(32)27-18-20-3-5-21(6-4-20)28-22-9-11-26-12-10-22/h3-12,17H,13-16,18H2,1-2H3,(H,26,28)(H2,27,29,32). The molecule has 2 aromatic carbocycles. The summed E-state index contributed by atoms with van der Waals surface area (Å²) in [6.07, 6.45) is 3.50. The van der Waals surface area contributed by atoms with Gasteiger partial charge >= 0.3 is 6.03 Å². The molecule has 1 aromatic heterocycles. The van der Waals surface area contributed by atoms with E-state index in [0.717, 1.165) is 54.4 Å². The monoisotopic (exact) mass is 430 g/mol. The molecule has 4 rings (SSSR count). The van der Waals surface area contributed by atoms with Crippen molar-refractivity contribution in [3.8, 4) is 0 Å². The van der Waals surface area contributed by atoms with Gasteiger partial charge in [-0.3, -0.25) is 4.98 Å². The number of carbonyl (C=O) groups is 1. The maximum atomic E-state index is 12.4. The normalized spacial score (nSPS) is 14.1. The van der Waals surface area contributed by atoms with Crippen LogP contribution in [-0.2, 0) is 6.54 Å². The fraction of sp³-hybridized carbons (Fsp3) is 0.280. The highest BCUT2D eigenvalue weighted by Crippen LogP contribution is 2.23. The molecule has 0 bridgehead atoms. The molecule has 0 unspecified atom stereocenters. The predicted octanol–water partition coefficient (Wildman–Crippen LogP) is 4.21. The summed E-state index contributed by atoms with van der Waals surface area (Å²) in [6, 6.07) is 17.8. The summed E-state index contributed by atoms with van der Waals surface area (Å²) < 4.78 is 0. The maximum absolute atomic E-state index is 12.4. The lowest BCUT2D eigenvalue weighted by molar-refractivity contribution is 0.251. The van der Waals surface area contributed by atoms with Gasteiger partial charge in [0.25, 0.3) is 0 Å². The van der Waals surface area contributed by atoms with Crippen LogP contribution in [0.25, 0.3) is 0 Å². The van der Waals surface area contributed by atoms with E-state index < -0.39 is 0 Å². The summed E-state index contributed by atoms with van der Waals surface area (Å²) in [5.74, 6) is 0. The van der Waals surface area contributed by atoms with Crippen LogP contribution in [0.3, 0.4) is 0 Å². The average molecular weight is 431 g/mol. The molecule has 7 heteroatoms. The predicted molar refractivity (Wildman–Crippen MR) is 131 cm³/mol. The number of carbonyl (C=O) groups excluding carboxylic acids is 1. The molecule has 3 aromatic rings. The van der Waals surface area contributed by atoms with Crippen LogP contribution >= 0.6 is 0 Å². The second kappa shape index (κ2) is 10.2. The number of hydrogen-bond acceptors (Lipinski definition) is 5. The number of aryl methyl sites for hydroxylation is 1. The zero-order valence-electron chi connectivity index (χ0n) is 18.6. The first kappa shape index (κ1) is 21.6. The van der Waals surface area contributed by atoms with Crippen LogP contribution in [0.2, 0.25) is 0 Å². The number of nitrogens with one attached hydrogen (secondary N) is 3. The first-order chi connectivity index (χ1) is 15.6. The molecule has 166 valence electrons. The second-order valence-corrected chi connectivity index (χ2v) is 8.16. The minimum atomic E-state index is -0.209. The molecule has 0 aliphatic carbocycles. The van der Waals surface area contributed by atoms with Crippen molar-refractivity contribution in [2.75, 3.05) is 48.8 Å². The van der Waals surface area contributed by atoms with Crippen LogP contribution in [-0.4, -0.2) is 49.1 Å². The molecule has 32 heavy (non-hydrogen) atoms. The van der Waals surface area contributed by atoms with Crippen molar-refractivity contribution in [1.29, 1.82) is 0 Å². The van der Waals surface area contributed by atoms with E-state index in [1.165, 1.54) is 5.69 Å². The molecule has 1 fully saturated rings. The Labute approximate surface area is 189 Å². The summed E-state index contributed by atoms with van der Waals surface area (Å²) in [4.78, 5) is 21.2. The number of hydrogen-bond donors (Lipinski definition) is 3. The van der Waals surface area contributed by atoms with E-state index in [9.17, 15) is 4.79 Å². The van der Waals surface area contributed by atoms with Crippen molar-refractivity contribution < 1.29 is 4.79 Å². The minimum Gasteiger partial charge on any atom is -0.369 e. The Kier molecular flexibility index (Phi) is 6.87. The average Bonchev–Trinajstić information content (AvgIpc) is 2.81. The van der Waals surface area contributed by atoms with Crippen molar-refractivity contribution in [3.63, 3.8) is 0 Å². The smallest absolute Gasteiger partial charge is 0.319 e. The maximum Gasteiger partial charge on any atom is 0.319 e. The largest absolute Gasteiger partial charge is 0.369 e. The van der Waals surface area contributed by atoms with Crippen LogP contribution < -0.4 is 20.9 Å². The summed E-state index contributed by atoms with van der Waals surface area (Å²) in [5, 5.41) is 9.22. The molecule has 1 aliphatic heterocycles. The van der Waals surface area contributed by atoms with Crippen molar-refractivity contribution in [2.45, 2.75) is 13.5 Å². The number of nitrogens with zero attached hydrogens (tertiary/aromatic N) is 3. The SMILES string of the molecule is Cc1cc(N2CCN(C)CC2)ccc1NC(=O)NCc1ccc(Nc2ccncc2)cc1.